The Morgan fingerprint density at radius 1 is 1.05 bits per heavy atom. The number of nitrogen functional groups attached to an aromatic ring is 1. The van der Waals surface area contributed by atoms with Gasteiger partial charge in [-0.3, -0.25) is 0 Å². The molecule has 1 heterocycles. The lowest BCUT2D eigenvalue weighted by Crippen LogP contribution is -2.29. The van der Waals surface area contributed by atoms with Gasteiger partial charge in [-0.1, -0.05) is 0 Å². The molecule has 120 valence electrons. The predicted octanol–water partition coefficient (Wildman–Crippen LogP) is 1.85. The Labute approximate surface area is 135 Å². The third-order valence-corrected chi connectivity index (χ3v) is 4.56. The second-order valence-corrected chi connectivity index (χ2v) is 6.13. The van der Waals surface area contributed by atoms with E-state index in [4.69, 9.17) is 5.73 Å². The van der Waals surface area contributed by atoms with Gasteiger partial charge in [0.15, 0.2) is 0 Å². The van der Waals surface area contributed by atoms with Crippen molar-refractivity contribution in [2.45, 2.75) is 0 Å². The maximum Gasteiger partial charge on any atom is 0.0984 e. The lowest BCUT2D eigenvalue weighted by Gasteiger charge is -2.24. The van der Waals surface area contributed by atoms with E-state index >= 15 is 0 Å². The maximum absolute atomic E-state index is 9.20. The molecule has 0 atom stereocenters. The van der Waals surface area contributed by atoms with Gasteiger partial charge in [0.2, 0.25) is 0 Å². The van der Waals surface area contributed by atoms with Gasteiger partial charge in [0.05, 0.1) is 18.2 Å². The van der Waals surface area contributed by atoms with Crippen molar-refractivity contribution in [3.05, 3.63) is 29.6 Å². The Hall–Kier alpha value is -1.76. The van der Waals surface area contributed by atoms with Crippen LogP contribution in [0.1, 0.15) is 0 Å². The quantitative estimate of drug-likeness (QED) is 0.679. The summed E-state index contributed by atoms with van der Waals surface area (Å²) in [6.45, 7) is 1.05. The average molecular weight is 321 g/mol. The molecule has 0 bridgehead atoms. The minimum atomic E-state index is 0.0428. The first kappa shape index (κ1) is 16.6. The molecule has 22 heavy (non-hydrogen) atoms. The van der Waals surface area contributed by atoms with Gasteiger partial charge in [-0.05, 0) is 29.6 Å². The fourth-order valence-corrected chi connectivity index (χ4v) is 3.29. The SMILES string of the molecule is CN(C)c1sccc1-c1cc(N(CCO)CCO)ccc1N. The summed E-state index contributed by atoms with van der Waals surface area (Å²) in [6.07, 6.45) is 0. The van der Waals surface area contributed by atoms with E-state index < -0.39 is 0 Å². The Kier molecular flexibility index (Phi) is 5.65. The van der Waals surface area contributed by atoms with Crippen LogP contribution in [0.15, 0.2) is 29.6 Å². The Bertz CT molecular complexity index is 607. The van der Waals surface area contributed by atoms with Crippen LogP contribution in [0, 0.1) is 0 Å². The first-order chi connectivity index (χ1) is 10.6. The predicted molar refractivity (Wildman–Crippen MR) is 94.9 cm³/mol. The molecule has 0 saturated carbocycles. The topological polar surface area (TPSA) is 73.0 Å². The number of hydrogen-bond donors (Lipinski definition) is 3. The second kappa shape index (κ2) is 7.49. The molecule has 4 N–H and O–H groups in total. The van der Waals surface area contributed by atoms with Crippen molar-refractivity contribution in [1.82, 2.24) is 0 Å². The Morgan fingerprint density at radius 3 is 2.32 bits per heavy atom. The van der Waals surface area contributed by atoms with Crippen LogP contribution in [-0.2, 0) is 0 Å². The van der Waals surface area contributed by atoms with Crippen LogP contribution in [0.25, 0.3) is 11.1 Å². The first-order valence-electron chi connectivity index (χ1n) is 7.20. The van der Waals surface area contributed by atoms with Crippen molar-refractivity contribution in [2.75, 3.05) is 55.9 Å². The van der Waals surface area contributed by atoms with E-state index in [-0.39, 0.29) is 13.2 Å². The molecule has 0 spiro atoms. The molecule has 2 aromatic rings. The zero-order valence-corrected chi connectivity index (χ0v) is 13.8. The van der Waals surface area contributed by atoms with Crippen LogP contribution in [0.5, 0.6) is 0 Å². The fraction of sp³-hybridized carbons (Fsp3) is 0.375. The smallest absolute Gasteiger partial charge is 0.0984 e. The minimum Gasteiger partial charge on any atom is -0.398 e. The van der Waals surface area contributed by atoms with E-state index in [1.54, 1.807) is 11.3 Å². The molecule has 2 rings (SSSR count). The van der Waals surface area contributed by atoms with Crippen molar-refractivity contribution < 1.29 is 10.2 Å². The van der Waals surface area contributed by atoms with E-state index in [0.717, 1.165) is 27.5 Å². The zero-order valence-electron chi connectivity index (χ0n) is 13.0. The number of aliphatic hydroxyl groups excluding tert-OH is 2. The molecule has 1 aromatic heterocycles. The summed E-state index contributed by atoms with van der Waals surface area (Å²) < 4.78 is 0. The van der Waals surface area contributed by atoms with Gasteiger partial charge >= 0.3 is 0 Å². The number of hydrogen-bond acceptors (Lipinski definition) is 6. The third kappa shape index (κ3) is 3.52. The van der Waals surface area contributed by atoms with E-state index in [0.29, 0.717) is 13.1 Å². The second-order valence-electron chi connectivity index (χ2n) is 5.24. The lowest BCUT2D eigenvalue weighted by molar-refractivity contribution is 0.281. The normalized spacial score (nSPS) is 10.7. The van der Waals surface area contributed by atoms with Crippen molar-refractivity contribution in [3.8, 4) is 11.1 Å². The highest BCUT2D eigenvalue weighted by Crippen LogP contribution is 2.39. The lowest BCUT2D eigenvalue weighted by atomic mass is 10.0. The van der Waals surface area contributed by atoms with Crippen LogP contribution in [0.3, 0.4) is 0 Å². The molecule has 0 aliphatic heterocycles. The maximum atomic E-state index is 9.20. The molecule has 0 radical (unpaired) electrons. The number of nitrogens with zero attached hydrogens (tertiary/aromatic N) is 2. The van der Waals surface area contributed by atoms with Crippen LogP contribution < -0.4 is 15.5 Å². The van der Waals surface area contributed by atoms with Crippen LogP contribution >= 0.6 is 11.3 Å². The summed E-state index contributed by atoms with van der Waals surface area (Å²) >= 11 is 1.67. The highest BCUT2D eigenvalue weighted by Gasteiger charge is 2.14. The van der Waals surface area contributed by atoms with E-state index in [1.807, 2.05) is 37.2 Å². The number of thiophene rings is 1. The number of nitrogens with two attached hydrogens (primary N) is 1. The monoisotopic (exact) mass is 321 g/mol. The molecule has 5 nitrogen and oxygen atoms in total. The van der Waals surface area contributed by atoms with Gasteiger partial charge in [-0.2, -0.15) is 0 Å². The number of rotatable bonds is 7. The van der Waals surface area contributed by atoms with Gasteiger partial charge in [0.1, 0.15) is 0 Å². The molecule has 0 saturated heterocycles. The van der Waals surface area contributed by atoms with Crippen molar-refractivity contribution in [1.29, 1.82) is 0 Å². The van der Waals surface area contributed by atoms with E-state index in [9.17, 15) is 10.2 Å². The number of aliphatic hydroxyl groups is 2. The molecule has 1 aromatic carbocycles. The van der Waals surface area contributed by atoms with Gasteiger partial charge in [0.25, 0.3) is 0 Å². The number of anilines is 3. The average Bonchev–Trinajstić information content (AvgIpc) is 2.97. The van der Waals surface area contributed by atoms with Crippen molar-refractivity contribution in [3.63, 3.8) is 0 Å². The molecular weight excluding hydrogens is 298 g/mol. The van der Waals surface area contributed by atoms with Crippen molar-refractivity contribution in [2.24, 2.45) is 0 Å². The summed E-state index contributed by atoms with van der Waals surface area (Å²) in [5.41, 5.74) is 9.91. The molecule has 6 heteroatoms. The largest absolute Gasteiger partial charge is 0.398 e. The van der Waals surface area contributed by atoms with E-state index in [2.05, 4.69) is 16.3 Å². The van der Waals surface area contributed by atoms with Crippen LogP contribution in [0.2, 0.25) is 0 Å². The van der Waals surface area contributed by atoms with Gasteiger partial charge in [0, 0.05) is 49.7 Å². The van der Waals surface area contributed by atoms with Gasteiger partial charge in [-0.25, -0.2) is 0 Å². The molecule has 0 fully saturated rings. The first-order valence-corrected chi connectivity index (χ1v) is 8.07. The summed E-state index contributed by atoms with van der Waals surface area (Å²) in [5.74, 6) is 0. The van der Waals surface area contributed by atoms with Crippen molar-refractivity contribution >= 4 is 27.7 Å². The van der Waals surface area contributed by atoms with Crippen LogP contribution in [0.4, 0.5) is 16.4 Å². The van der Waals surface area contributed by atoms with Gasteiger partial charge < -0.3 is 25.7 Å². The minimum absolute atomic E-state index is 0.0428. The molecule has 0 aliphatic rings. The summed E-state index contributed by atoms with van der Waals surface area (Å²) in [5, 5.41) is 21.6. The standard InChI is InChI=1S/C16H23N3O2S/c1-18(2)16-13(5-10-22-16)14-11-12(3-4-15(14)17)19(6-8-20)7-9-21/h3-5,10-11,20-21H,6-9,17H2,1-2H3. The molecular formula is C16H23N3O2S. The van der Waals surface area contributed by atoms with Gasteiger partial charge in [-0.15, -0.1) is 11.3 Å². The highest BCUT2D eigenvalue weighted by molar-refractivity contribution is 7.14. The number of benzene rings is 1. The fourth-order valence-electron chi connectivity index (χ4n) is 2.44. The Balaban J connectivity index is 2.44. The molecule has 0 unspecified atom stereocenters. The van der Waals surface area contributed by atoms with Crippen LogP contribution in [-0.4, -0.2) is 50.6 Å². The zero-order chi connectivity index (χ0) is 16.1. The summed E-state index contributed by atoms with van der Waals surface area (Å²) in [4.78, 5) is 4.02. The summed E-state index contributed by atoms with van der Waals surface area (Å²) in [7, 11) is 4.03. The summed E-state index contributed by atoms with van der Waals surface area (Å²) in [6, 6.07) is 7.89. The highest BCUT2D eigenvalue weighted by atomic mass is 32.1. The van der Waals surface area contributed by atoms with E-state index in [1.165, 1.54) is 0 Å². The Morgan fingerprint density at radius 2 is 1.73 bits per heavy atom. The third-order valence-electron chi connectivity index (χ3n) is 3.48. The molecule has 0 amide bonds. The molecule has 0 aliphatic carbocycles.